The molecule has 0 rings (SSSR count). The first kappa shape index (κ1) is 35.1. The maximum absolute atomic E-state index is 13.5. The summed E-state index contributed by atoms with van der Waals surface area (Å²) >= 11 is 0. The van der Waals surface area contributed by atoms with E-state index in [0.29, 0.717) is 0 Å². The summed E-state index contributed by atoms with van der Waals surface area (Å²) in [4.78, 5) is 10.2. The first-order chi connectivity index (χ1) is 15.9. The minimum Gasteiger partial charge on any atom is -0.481 e. The Morgan fingerprint density at radius 1 is 0.486 bits per heavy atom. The van der Waals surface area contributed by atoms with Gasteiger partial charge in [-0.1, -0.05) is 6.42 Å². The highest BCUT2D eigenvalue weighted by molar-refractivity contribution is 5.66. The van der Waals surface area contributed by atoms with Crippen LogP contribution in [0.15, 0.2) is 0 Å². The van der Waals surface area contributed by atoms with Crippen LogP contribution in [0.25, 0.3) is 0 Å². The fourth-order valence-electron chi connectivity index (χ4n) is 2.19. The van der Waals surface area contributed by atoms with E-state index in [4.69, 9.17) is 5.11 Å². The standard InChI is InChI=1S/C15H11F19O3/c16-7(17,8(18,19)10(22,23)12(26,27)14(30,31)32)9(20,21)11(24,25)13(28,29)15(33,34)37-5-3-1-2-4-6(35)36/h1-5H2,(H,35,36). The number of halogens is 19. The van der Waals surface area contributed by atoms with Crippen molar-refractivity contribution in [3.05, 3.63) is 0 Å². The molecule has 0 saturated carbocycles. The minimum atomic E-state index is -8.97. The van der Waals surface area contributed by atoms with Crippen LogP contribution in [-0.2, 0) is 9.53 Å². The molecule has 0 aliphatic carbocycles. The topological polar surface area (TPSA) is 46.5 Å². The van der Waals surface area contributed by atoms with E-state index in [-0.39, 0.29) is 6.42 Å². The molecule has 0 aliphatic rings. The lowest BCUT2D eigenvalue weighted by molar-refractivity contribution is -0.481. The van der Waals surface area contributed by atoms with Crippen molar-refractivity contribution in [1.82, 2.24) is 0 Å². The van der Waals surface area contributed by atoms with Crippen LogP contribution in [0, 0.1) is 0 Å². The third kappa shape index (κ3) is 5.48. The number of hydrogen-bond donors (Lipinski definition) is 1. The van der Waals surface area contributed by atoms with Crippen molar-refractivity contribution in [2.45, 2.75) is 79.4 Å². The van der Waals surface area contributed by atoms with Gasteiger partial charge in [0.05, 0.1) is 6.61 Å². The van der Waals surface area contributed by atoms with Gasteiger partial charge in [-0.05, 0) is 12.8 Å². The summed E-state index contributed by atoms with van der Waals surface area (Å²) in [5.74, 6) is -61.9. The molecule has 0 amide bonds. The van der Waals surface area contributed by atoms with Gasteiger partial charge in [0.1, 0.15) is 0 Å². The Bertz CT molecular complexity index is 801. The van der Waals surface area contributed by atoms with Crippen LogP contribution in [0.1, 0.15) is 25.7 Å². The second-order valence-corrected chi connectivity index (χ2v) is 7.09. The fourth-order valence-corrected chi connectivity index (χ4v) is 2.19. The first-order valence-corrected chi connectivity index (χ1v) is 8.86. The predicted octanol–water partition coefficient (Wildman–Crippen LogP) is 7.25. The Balaban J connectivity index is 6.29. The quantitative estimate of drug-likeness (QED) is 0.169. The number of carboxylic acid groups (broad SMARTS) is 1. The van der Waals surface area contributed by atoms with Crippen LogP contribution < -0.4 is 0 Å². The zero-order valence-corrected chi connectivity index (χ0v) is 17.0. The largest absolute Gasteiger partial charge is 0.481 e. The summed E-state index contributed by atoms with van der Waals surface area (Å²) in [6, 6.07) is 0. The van der Waals surface area contributed by atoms with Crippen molar-refractivity contribution in [2.24, 2.45) is 0 Å². The highest BCUT2D eigenvalue weighted by Gasteiger charge is 2.97. The third-order valence-corrected chi connectivity index (χ3v) is 4.41. The molecule has 0 aliphatic heterocycles. The molecule has 37 heavy (non-hydrogen) atoms. The Labute approximate surface area is 191 Å². The maximum Gasteiger partial charge on any atom is 0.460 e. The number of ether oxygens (including phenoxy) is 1. The molecule has 0 bridgehead atoms. The van der Waals surface area contributed by atoms with E-state index in [1.165, 1.54) is 0 Å². The van der Waals surface area contributed by atoms with Crippen molar-refractivity contribution < 1.29 is 98.1 Å². The summed E-state index contributed by atoms with van der Waals surface area (Å²) in [5, 5.41) is 8.27. The summed E-state index contributed by atoms with van der Waals surface area (Å²) in [7, 11) is 0. The molecular formula is C15H11F19O3. The van der Waals surface area contributed by atoms with Gasteiger partial charge in [0.25, 0.3) is 0 Å². The zero-order chi connectivity index (χ0) is 30.3. The Morgan fingerprint density at radius 3 is 1.14 bits per heavy atom. The van der Waals surface area contributed by atoms with E-state index in [9.17, 15) is 88.2 Å². The molecule has 3 nitrogen and oxygen atoms in total. The number of unbranched alkanes of at least 4 members (excludes halogenated alkanes) is 2. The van der Waals surface area contributed by atoms with Crippen LogP contribution in [-0.4, -0.2) is 71.4 Å². The lowest BCUT2D eigenvalue weighted by Crippen LogP contribution is -2.76. The van der Waals surface area contributed by atoms with Crippen molar-refractivity contribution in [2.75, 3.05) is 6.61 Å². The molecule has 0 fully saturated rings. The predicted molar refractivity (Wildman–Crippen MR) is 77.7 cm³/mol. The second kappa shape index (κ2) is 10.0. The Hall–Kier alpha value is -1.90. The molecule has 0 spiro atoms. The van der Waals surface area contributed by atoms with Gasteiger partial charge in [-0.25, -0.2) is 0 Å². The Kier molecular flexibility index (Phi) is 9.49. The highest BCUT2D eigenvalue weighted by Crippen LogP contribution is 2.65. The van der Waals surface area contributed by atoms with E-state index in [1.807, 2.05) is 0 Å². The third-order valence-electron chi connectivity index (χ3n) is 4.41. The van der Waals surface area contributed by atoms with E-state index in [1.54, 1.807) is 0 Å². The normalized spacial score (nSPS) is 15.8. The molecule has 0 saturated heterocycles. The van der Waals surface area contributed by atoms with Crippen molar-refractivity contribution in [3.63, 3.8) is 0 Å². The van der Waals surface area contributed by atoms with Crippen LogP contribution in [0.2, 0.25) is 0 Å². The maximum atomic E-state index is 13.5. The summed E-state index contributed by atoms with van der Waals surface area (Å²) < 4.78 is 252. The Morgan fingerprint density at radius 2 is 0.811 bits per heavy atom. The molecule has 0 radical (unpaired) electrons. The number of rotatable bonds is 14. The second-order valence-electron chi connectivity index (χ2n) is 7.09. The molecule has 0 aromatic heterocycles. The molecule has 0 aromatic rings. The first-order valence-electron chi connectivity index (χ1n) is 8.86. The molecule has 0 heterocycles. The van der Waals surface area contributed by atoms with Gasteiger partial charge in [0.15, 0.2) is 0 Å². The summed E-state index contributed by atoms with van der Waals surface area (Å²) in [6.45, 7) is -1.83. The van der Waals surface area contributed by atoms with E-state index in [0.717, 1.165) is 0 Å². The van der Waals surface area contributed by atoms with Gasteiger partial charge >= 0.3 is 59.7 Å². The highest BCUT2D eigenvalue weighted by atomic mass is 19.4. The van der Waals surface area contributed by atoms with Gasteiger partial charge in [0.2, 0.25) is 0 Å². The van der Waals surface area contributed by atoms with Gasteiger partial charge in [-0.15, -0.1) is 0 Å². The zero-order valence-electron chi connectivity index (χ0n) is 17.0. The molecule has 0 aromatic carbocycles. The van der Waals surface area contributed by atoms with Crippen molar-refractivity contribution in [1.29, 1.82) is 0 Å². The molecule has 1 N–H and O–H groups in total. The van der Waals surface area contributed by atoms with E-state index >= 15 is 0 Å². The number of aliphatic carboxylic acids is 1. The number of carbonyl (C=O) groups is 1. The molecule has 222 valence electrons. The number of hydrogen-bond acceptors (Lipinski definition) is 2. The number of carboxylic acids is 1. The van der Waals surface area contributed by atoms with E-state index in [2.05, 4.69) is 4.74 Å². The lowest BCUT2D eigenvalue weighted by Gasteiger charge is -2.43. The summed E-state index contributed by atoms with van der Waals surface area (Å²) in [6.07, 6.45) is -17.4. The summed E-state index contributed by atoms with van der Waals surface area (Å²) in [5.41, 5.74) is 0. The molecule has 0 unspecified atom stereocenters. The molecule has 22 heteroatoms. The van der Waals surface area contributed by atoms with Crippen LogP contribution >= 0.6 is 0 Å². The van der Waals surface area contributed by atoms with Gasteiger partial charge in [-0.2, -0.15) is 83.4 Å². The van der Waals surface area contributed by atoms with Crippen molar-refractivity contribution in [3.8, 4) is 0 Å². The van der Waals surface area contributed by atoms with Crippen molar-refractivity contribution >= 4 is 5.97 Å². The average Bonchev–Trinajstić information content (AvgIpc) is 2.68. The average molecular weight is 600 g/mol. The van der Waals surface area contributed by atoms with Gasteiger partial charge in [-0.3, -0.25) is 4.79 Å². The van der Waals surface area contributed by atoms with E-state index < -0.39 is 85.6 Å². The molecule has 0 atom stereocenters. The smallest absolute Gasteiger partial charge is 0.460 e. The fraction of sp³-hybridized carbons (Fsp3) is 0.933. The monoisotopic (exact) mass is 600 g/mol. The van der Waals surface area contributed by atoms with Gasteiger partial charge < -0.3 is 9.84 Å². The SMILES string of the molecule is O=C(O)CCCCCOC(F)(F)C(F)(F)C(F)(F)C(F)(F)C(F)(F)C(F)(F)C(F)(F)C(F)(F)C(F)(F)F. The molecular weight excluding hydrogens is 589 g/mol. The lowest BCUT2D eigenvalue weighted by atomic mass is 9.88. The van der Waals surface area contributed by atoms with Crippen LogP contribution in [0.3, 0.4) is 0 Å². The van der Waals surface area contributed by atoms with Gasteiger partial charge in [0, 0.05) is 6.42 Å². The minimum absolute atomic E-state index is 0.382. The van der Waals surface area contributed by atoms with Crippen LogP contribution in [0.4, 0.5) is 83.4 Å². The number of alkyl halides is 19. The van der Waals surface area contributed by atoms with Crippen LogP contribution in [0.5, 0.6) is 0 Å².